The Bertz CT molecular complexity index is 1320. The maximum Gasteiger partial charge on any atom is 0.291 e. The second-order valence-electron chi connectivity index (χ2n) is 8.82. The van der Waals surface area contributed by atoms with Crippen LogP contribution in [0.15, 0.2) is 48.5 Å². The van der Waals surface area contributed by atoms with Gasteiger partial charge >= 0.3 is 0 Å². The summed E-state index contributed by atoms with van der Waals surface area (Å²) in [5.41, 5.74) is 1.33. The van der Waals surface area contributed by atoms with Gasteiger partial charge in [-0.25, -0.2) is 4.98 Å². The van der Waals surface area contributed by atoms with E-state index in [4.69, 9.17) is 4.74 Å². The fraction of sp³-hybridized carbons (Fsp3) is 0.308. The Morgan fingerprint density at radius 2 is 2.09 bits per heavy atom. The van der Waals surface area contributed by atoms with E-state index < -0.39 is 17.6 Å². The Morgan fingerprint density at radius 1 is 1.29 bits per heavy atom. The average molecular weight is 472 g/mol. The number of aromatic amines is 1. The molecule has 9 nitrogen and oxygen atoms in total. The SMILES string of the molecule is CN1C(=O)[C@H](NC(=O)c2n[nH]c(Cc3ccccc3)n2)COc2ccc(C#CC3(O)CCC3)cc21. The van der Waals surface area contributed by atoms with Gasteiger partial charge in [0.15, 0.2) is 0 Å². The maximum absolute atomic E-state index is 13.1. The van der Waals surface area contributed by atoms with Crippen molar-refractivity contribution in [1.29, 1.82) is 0 Å². The van der Waals surface area contributed by atoms with Crippen molar-refractivity contribution in [3.63, 3.8) is 0 Å². The Labute approximate surface area is 202 Å². The van der Waals surface area contributed by atoms with Crippen LogP contribution in [0, 0.1) is 11.8 Å². The number of likely N-dealkylation sites (N-methyl/N-ethyl adjacent to an activating group) is 1. The number of benzene rings is 2. The molecule has 0 saturated heterocycles. The first-order valence-electron chi connectivity index (χ1n) is 11.5. The molecule has 0 spiro atoms. The van der Waals surface area contributed by atoms with E-state index in [1.54, 1.807) is 25.2 Å². The molecule has 0 bridgehead atoms. The van der Waals surface area contributed by atoms with E-state index in [2.05, 4.69) is 32.3 Å². The second-order valence-corrected chi connectivity index (χ2v) is 8.82. The third-order valence-corrected chi connectivity index (χ3v) is 6.23. The lowest BCUT2D eigenvalue weighted by molar-refractivity contribution is -0.120. The predicted octanol–water partition coefficient (Wildman–Crippen LogP) is 1.82. The van der Waals surface area contributed by atoms with Crippen molar-refractivity contribution in [2.75, 3.05) is 18.6 Å². The van der Waals surface area contributed by atoms with Gasteiger partial charge in [0.25, 0.3) is 11.8 Å². The van der Waals surface area contributed by atoms with Gasteiger partial charge in [0.1, 0.15) is 29.8 Å². The number of ether oxygens (including phenoxy) is 1. The predicted molar refractivity (Wildman–Crippen MR) is 128 cm³/mol. The molecule has 1 atom stereocenters. The Hall–Kier alpha value is -4.16. The van der Waals surface area contributed by atoms with Crippen LogP contribution in [0.4, 0.5) is 5.69 Å². The van der Waals surface area contributed by atoms with Crippen LogP contribution in [0.25, 0.3) is 0 Å². The number of rotatable bonds is 4. The van der Waals surface area contributed by atoms with Gasteiger partial charge < -0.3 is 20.1 Å². The third kappa shape index (κ3) is 4.88. The number of H-pyrrole nitrogens is 1. The van der Waals surface area contributed by atoms with Crippen molar-refractivity contribution in [3.05, 3.63) is 71.3 Å². The van der Waals surface area contributed by atoms with E-state index >= 15 is 0 Å². The van der Waals surface area contributed by atoms with Gasteiger partial charge in [-0.2, -0.15) is 0 Å². The lowest BCUT2D eigenvalue weighted by Gasteiger charge is -2.30. The van der Waals surface area contributed by atoms with E-state index in [0.717, 1.165) is 12.0 Å². The molecule has 0 radical (unpaired) electrons. The highest BCUT2D eigenvalue weighted by atomic mass is 16.5. The molecule has 2 aliphatic rings. The Kier molecular flexibility index (Phi) is 5.97. The molecule has 5 rings (SSSR count). The van der Waals surface area contributed by atoms with E-state index in [0.29, 0.717) is 42.1 Å². The standard InChI is InChI=1S/C26H25N5O4/c1-31-20-14-18(10-13-26(34)11-5-12-26)8-9-21(20)35-16-19(25(31)33)27-24(32)23-28-22(29-30-23)15-17-6-3-2-4-7-17/h2-4,6-9,14,19,34H,5,11-12,15-16H2,1H3,(H,27,32)(H,28,29,30)/t19-/m1/s1. The van der Waals surface area contributed by atoms with E-state index in [1.807, 2.05) is 30.3 Å². The summed E-state index contributed by atoms with van der Waals surface area (Å²) in [7, 11) is 1.62. The highest BCUT2D eigenvalue weighted by Gasteiger charge is 2.33. The van der Waals surface area contributed by atoms with Crippen molar-refractivity contribution in [3.8, 4) is 17.6 Å². The normalized spacial score (nSPS) is 18.3. The number of aromatic nitrogens is 3. The monoisotopic (exact) mass is 471 g/mol. The molecule has 178 valence electrons. The first kappa shape index (κ1) is 22.6. The minimum absolute atomic E-state index is 0.0337. The largest absolute Gasteiger partial charge is 0.489 e. The zero-order chi connectivity index (χ0) is 24.4. The average Bonchev–Trinajstić information content (AvgIpc) is 3.28. The number of carbonyl (C=O) groups is 2. The summed E-state index contributed by atoms with van der Waals surface area (Å²) < 4.78 is 5.83. The highest BCUT2D eigenvalue weighted by Crippen LogP contribution is 2.33. The van der Waals surface area contributed by atoms with Crippen LogP contribution in [0.5, 0.6) is 5.75 Å². The van der Waals surface area contributed by atoms with E-state index in [-0.39, 0.29) is 18.3 Å². The van der Waals surface area contributed by atoms with Gasteiger partial charge in [-0.05, 0) is 43.0 Å². The number of hydrogen-bond donors (Lipinski definition) is 3. The minimum atomic E-state index is -0.916. The van der Waals surface area contributed by atoms with Crippen LogP contribution < -0.4 is 15.0 Å². The molecule has 2 aromatic carbocycles. The number of anilines is 1. The Balaban J connectivity index is 1.27. The fourth-order valence-electron chi connectivity index (χ4n) is 3.99. The van der Waals surface area contributed by atoms with Crippen molar-refractivity contribution in [2.45, 2.75) is 37.3 Å². The molecule has 1 saturated carbocycles. The molecule has 1 aromatic heterocycles. The maximum atomic E-state index is 13.1. The zero-order valence-corrected chi connectivity index (χ0v) is 19.2. The van der Waals surface area contributed by atoms with Crippen LogP contribution in [0.3, 0.4) is 0 Å². The quantitative estimate of drug-likeness (QED) is 0.499. The zero-order valence-electron chi connectivity index (χ0n) is 19.2. The number of fused-ring (bicyclic) bond motifs is 1. The summed E-state index contributed by atoms with van der Waals surface area (Å²) in [5.74, 6) is 6.03. The van der Waals surface area contributed by atoms with E-state index in [9.17, 15) is 14.7 Å². The van der Waals surface area contributed by atoms with Crippen molar-refractivity contribution in [1.82, 2.24) is 20.5 Å². The van der Waals surface area contributed by atoms with Gasteiger partial charge in [-0.15, -0.1) is 5.10 Å². The number of carbonyl (C=O) groups excluding carboxylic acids is 2. The summed E-state index contributed by atoms with van der Waals surface area (Å²) in [6.45, 7) is -0.0337. The third-order valence-electron chi connectivity index (χ3n) is 6.23. The van der Waals surface area contributed by atoms with Crippen LogP contribution in [0.1, 0.15) is 46.8 Å². The molecule has 3 aromatic rings. The molecular weight excluding hydrogens is 446 g/mol. The summed E-state index contributed by atoms with van der Waals surface area (Å²) in [5, 5.41) is 19.7. The molecule has 9 heteroatoms. The molecule has 35 heavy (non-hydrogen) atoms. The highest BCUT2D eigenvalue weighted by molar-refractivity contribution is 6.02. The van der Waals surface area contributed by atoms with Crippen LogP contribution in [-0.4, -0.2) is 57.4 Å². The topological polar surface area (TPSA) is 120 Å². The summed E-state index contributed by atoms with van der Waals surface area (Å²) in [6.07, 6.45) is 2.82. The number of hydrogen-bond acceptors (Lipinski definition) is 6. The first-order chi connectivity index (χ1) is 16.9. The summed E-state index contributed by atoms with van der Waals surface area (Å²) in [6, 6.07) is 14.1. The lowest BCUT2D eigenvalue weighted by atomic mass is 9.81. The van der Waals surface area contributed by atoms with Crippen LogP contribution in [-0.2, 0) is 11.2 Å². The number of aliphatic hydroxyl groups is 1. The van der Waals surface area contributed by atoms with Crippen molar-refractivity contribution < 1.29 is 19.4 Å². The van der Waals surface area contributed by atoms with Gasteiger partial charge in [0.05, 0.1) is 5.69 Å². The van der Waals surface area contributed by atoms with Crippen LogP contribution in [0.2, 0.25) is 0 Å². The van der Waals surface area contributed by atoms with Gasteiger partial charge in [-0.1, -0.05) is 42.2 Å². The molecule has 3 N–H and O–H groups in total. The van der Waals surface area contributed by atoms with Crippen molar-refractivity contribution in [2.24, 2.45) is 0 Å². The number of nitrogens with zero attached hydrogens (tertiary/aromatic N) is 3. The van der Waals surface area contributed by atoms with Crippen LogP contribution >= 0.6 is 0 Å². The Morgan fingerprint density at radius 3 is 2.83 bits per heavy atom. The van der Waals surface area contributed by atoms with Gasteiger partial charge in [0.2, 0.25) is 5.82 Å². The number of nitrogens with one attached hydrogen (secondary N) is 2. The second kappa shape index (κ2) is 9.24. The molecule has 1 aliphatic heterocycles. The molecule has 1 aliphatic carbocycles. The minimum Gasteiger partial charge on any atom is -0.489 e. The molecule has 0 unspecified atom stereocenters. The molecule has 2 amide bonds. The molecule has 1 fully saturated rings. The van der Waals surface area contributed by atoms with Gasteiger partial charge in [0, 0.05) is 19.0 Å². The number of amides is 2. The summed E-state index contributed by atoms with van der Waals surface area (Å²) >= 11 is 0. The molecular formula is C26H25N5O4. The summed E-state index contributed by atoms with van der Waals surface area (Å²) in [4.78, 5) is 31.6. The molecule has 2 heterocycles. The smallest absolute Gasteiger partial charge is 0.291 e. The van der Waals surface area contributed by atoms with Crippen molar-refractivity contribution >= 4 is 17.5 Å². The van der Waals surface area contributed by atoms with Gasteiger partial charge in [-0.3, -0.25) is 14.7 Å². The van der Waals surface area contributed by atoms with E-state index in [1.165, 1.54) is 4.90 Å². The fourth-order valence-corrected chi connectivity index (χ4v) is 3.99. The lowest BCUT2D eigenvalue weighted by Crippen LogP contribution is -2.49. The first-order valence-corrected chi connectivity index (χ1v) is 11.5.